The van der Waals surface area contributed by atoms with E-state index in [0.717, 1.165) is 25.7 Å². The van der Waals surface area contributed by atoms with E-state index >= 15 is 0 Å². The van der Waals surface area contributed by atoms with Crippen LogP contribution in [0.5, 0.6) is 0 Å². The molecule has 0 bridgehead atoms. The number of aliphatic carboxylic acids is 1. The van der Waals surface area contributed by atoms with Gasteiger partial charge in [0.2, 0.25) is 11.8 Å². The standard InChI is InChI=1S/C17H31N3O4/c1-10(2)8-14(17(23)24)20-16(22)13-6-4-12(5-7-13)9-19-15(21)11(3)18/h10-14H,4-9,18H2,1-3H3,(H,19,21)(H,20,22)(H,23,24). The molecule has 5 N–H and O–H groups in total. The molecule has 1 rings (SSSR count). The van der Waals surface area contributed by atoms with Gasteiger partial charge in [-0.3, -0.25) is 9.59 Å². The highest BCUT2D eigenvalue weighted by molar-refractivity contribution is 5.85. The molecule has 7 nitrogen and oxygen atoms in total. The molecule has 0 aromatic carbocycles. The topological polar surface area (TPSA) is 122 Å². The van der Waals surface area contributed by atoms with Crippen molar-refractivity contribution >= 4 is 17.8 Å². The van der Waals surface area contributed by atoms with Crippen molar-refractivity contribution in [1.82, 2.24) is 10.6 Å². The molecule has 1 fully saturated rings. The van der Waals surface area contributed by atoms with E-state index in [-0.39, 0.29) is 23.7 Å². The number of carboxylic acid groups (broad SMARTS) is 1. The van der Waals surface area contributed by atoms with Gasteiger partial charge in [-0.15, -0.1) is 0 Å². The van der Waals surface area contributed by atoms with Crippen LogP contribution < -0.4 is 16.4 Å². The van der Waals surface area contributed by atoms with Gasteiger partial charge in [0.05, 0.1) is 6.04 Å². The quantitative estimate of drug-likeness (QED) is 0.522. The fourth-order valence-electron chi connectivity index (χ4n) is 3.02. The van der Waals surface area contributed by atoms with E-state index in [1.165, 1.54) is 0 Å². The first-order chi connectivity index (χ1) is 11.2. The molecule has 1 saturated carbocycles. The minimum atomic E-state index is -0.982. The van der Waals surface area contributed by atoms with Crippen molar-refractivity contribution in [2.75, 3.05) is 6.54 Å². The second-order valence-electron chi connectivity index (χ2n) is 7.28. The smallest absolute Gasteiger partial charge is 0.326 e. The Morgan fingerprint density at radius 2 is 1.71 bits per heavy atom. The molecule has 0 aliphatic heterocycles. The van der Waals surface area contributed by atoms with Crippen molar-refractivity contribution in [2.24, 2.45) is 23.5 Å². The maximum Gasteiger partial charge on any atom is 0.326 e. The Morgan fingerprint density at radius 1 is 1.12 bits per heavy atom. The van der Waals surface area contributed by atoms with E-state index < -0.39 is 18.1 Å². The van der Waals surface area contributed by atoms with Crippen LogP contribution in [0, 0.1) is 17.8 Å². The second-order valence-corrected chi connectivity index (χ2v) is 7.28. The van der Waals surface area contributed by atoms with Gasteiger partial charge in [0, 0.05) is 12.5 Å². The van der Waals surface area contributed by atoms with Crippen LogP contribution in [0.15, 0.2) is 0 Å². The number of hydrogen-bond donors (Lipinski definition) is 4. The lowest BCUT2D eigenvalue weighted by Gasteiger charge is -2.29. The third kappa shape index (κ3) is 6.86. The van der Waals surface area contributed by atoms with Crippen molar-refractivity contribution in [3.8, 4) is 0 Å². The average molecular weight is 341 g/mol. The first-order valence-corrected chi connectivity index (χ1v) is 8.77. The summed E-state index contributed by atoms with van der Waals surface area (Å²) in [6.07, 6.45) is 3.56. The lowest BCUT2D eigenvalue weighted by atomic mass is 9.81. The minimum absolute atomic E-state index is 0.139. The van der Waals surface area contributed by atoms with Gasteiger partial charge < -0.3 is 21.5 Å². The van der Waals surface area contributed by atoms with Gasteiger partial charge in [0.15, 0.2) is 0 Å². The zero-order valence-corrected chi connectivity index (χ0v) is 14.9. The molecule has 24 heavy (non-hydrogen) atoms. The van der Waals surface area contributed by atoms with Crippen molar-refractivity contribution in [3.63, 3.8) is 0 Å². The molecule has 2 amide bonds. The Morgan fingerprint density at radius 3 is 2.17 bits per heavy atom. The first kappa shape index (κ1) is 20.4. The SMILES string of the molecule is CC(C)CC(NC(=O)C1CCC(CNC(=O)C(C)N)CC1)C(=O)O. The normalized spacial score (nSPS) is 23.4. The van der Waals surface area contributed by atoms with E-state index in [1.54, 1.807) is 6.92 Å². The van der Waals surface area contributed by atoms with E-state index in [9.17, 15) is 19.5 Å². The molecule has 0 heterocycles. The number of carbonyl (C=O) groups is 3. The van der Waals surface area contributed by atoms with Gasteiger partial charge in [0.1, 0.15) is 6.04 Å². The summed E-state index contributed by atoms with van der Waals surface area (Å²) < 4.78 is 0. The fourth-order valence-corrected chi connectivity index (χ4v) is 3.02. The molecule has 0 spiro atoms. The van der Waals surface area contributed by atoms with Crippen LogP contribution in [-0.2, 0) is 14.4 Å². The van der Waals surface area contributed by atoms with Crippen LogP contribution in [-0.4, -0.2) is 41.5 Å². The van der Waals surface area contributed by atoms with E-state index in [0.29, 0.717) is 18.9 Å². The summed E-state index contributed by atoms with van der Waals surface area (Å²) in [6, 6.07) is -1.33. The molecule has 0 aromatic rings. The third-order valence-corrected chi connectivity index (χ3v) is 4.52. The molecule has 2 atom stereocenters. The van der Waals surface area contributed by atoms with Crippen LogP contribution in [0.25, 0.3) is 0 Å². The molecule has 138 valence electrons. The zero-order chi connectivity index (χ0) is 18.3. The molecule has 1 aliphatic carbocycles. The van der Waals surface area contributed by atoms with Crippen LogP contribution in [0.4, 0.5) is 0 Å². The predicted octanol–water partition coefficient (Wildman–Crippen LogP) is 0.872. The maximum absolute atomic E-state index is 12.3. The summed E-state index contributed by atoms with van der Waals surface area (Å²) in [5.74, 6) is -0.893. The number of carbonyl (C=O) groups excluding carboxylic acids is 2. The van der Waals surface area contributed by atoms with Gasteiger partial charge in [-0.25, -0.2) is 4.79 Å². The fraction of sp³-hybridized carbons (Fsp3) is 0.824. The monoisotopic (exact) mass is 341 g/mol. The third-order valence-electron chi connectivity index (χ3n) is 4.52. The van der Waals surface area contributed by atoms with Gasteiger partial charge in [-0.1, -0.05) is 13.8 Å². The Bertz CT molecular complexity index is 443. The Balaban J connectivity index is 2.39. The van der Waals surface area contributed by atoms with Crippen LogP contribution in [0.2, 0.25) is 0 Å². The van der Waals surface area contributed by atoms with Gasteiger partial charge in [-0.2, -0.15) is 0 Å². The zero-order valence-electron chi connectivity index (χ0n) is 14.9. The number of nitrogens with two attached hydrogens (primary N) is 1. The molecule has 0 aromatic heterocycles. The highest BCUT2D eigenvalue weighted by Gasteiger charge is 2.29. The number of rotatable bonds is 8. The number of amides is 2. The lowest BCUT2D eigenvalue weighted by Crippen LogP contribution is -2.45. The lowest BCUT2D eigenvalue weighted by molar-refractivity contribution is -0.143. The Hall–Kier alpha value is -1.63. The maximum atomic E-state index is 12.3. The summed E-state index contributed by atoms with van der Waals surface area (Å²) in [5.41, 5.74) is 5.51. The largest absolute Gasteiger partial charge is 0.480 e. The molecule has 7 heteroatoms. The Kier molecular flexibility index (Phi) is 8.18. The van der Waals surface area contributed by atoms with E-state index in [2.05, 4.69) is 10.6 Å². The number of carboxylic acids is 1. The molecule has 0 radical (unpaired) electrons. The minimum Gasteiger partial charge on any atom is -0.480 e. The summed E-state index contributed by atoms with van der Waals surface area (Å²) in [6.45, 7) is 6.10. The van der Waals surface area contributed by atoms with Crippen LogP contribution in [0.3, 0.4) is 0 Å². The predicted molar refractivity (Wildman–Crippen MR) is 91.1 cm³/mol. The van der Waals surface area contributed by atoms with Gasteiger partial charge >= 0.3 is 5.97 Å². The summed E-state index contributed by atoms with van der Waals surface area (Å²) in [5, 5.41) is 14.7. The van der Waals surface area contributed by atoms with Crippen LogP contribution >= 0.6 is 0 Å². The molecular weight excluding hydrogens is 310 g/mol. The van der Waals surface area contributed by atoms with Gasteiger partial charge in [0.25, 0.3) is 0 Å². The first-order valence-electron chi connectivity index (χ1n) is 8.77. The summed E-state index contributed by atoms with van der Waals surface area (Å²) in [7, 11) is 0. The van der Waals surface area contributed by atoms with Crippen molar-refractivity contribution in [3.05, 3.63) is 0 Å². The van der Waals surface area contributed by atoms with Crippen LogP contribution in [0.1, 0.15) is 52.9 Å². The molecule has 0 saturated heterocycles. The van der Waals surface area contributed by atoms with Crippen molar-refractivity contribution in [1.29, 1.82) is 0 Å². The van der Waals surface area contributed by atoms with Crippen molar-refractivity contribution < 1.29 is 19.5 Å². The molecule has 1 aliphatic rings. The number of hydrogen-bond acceptors (Lipinski definition) is 4. The van der Waals surface area contributed by atoms with E-state index in [4.69, 9.17) is 5.73 Å². The summed E-state index contributed by atoms with van der Waals surface area (Å²) >= 11 is 0. The highest BCUT2D eigenvalue weighted by Crippen LogP contribution is 2.28. The average Bonchev–Trinajstić information content (AvgIpc) is 2.51. The molecular formula is C17H31N3O4. The molecule has 2 unspecified atom stereocenters. The highest BCUT2D eigenvalue weighted by atomic mass is 16.4. The second kappa shape index (κ2) is 9.61. The summed E-state index contributed by atoms with van der Waals surface area (Å²) in [4.78, 5) is 35.0. The van der Waals surface area contributed by atoms with E-state index in [1.807, 2.05) is 13.8 Å². The van der Waals surface area contributed by atoms with Gasteiger partial charge in [-0.05, 0) is 50.9 Å². The van der Waals surface area contributed by atoms with Crippen molar-refractivity contribution in [2.45, 2.75) is 65.0 Å². The Labute approximate surface area is 143 Å². The number of nitrogens with one attached hydrogen (secondary N) is 2.